The summed E-state index contributed by atoms with van der Waals surface area (Å²) >= 11 is 12.0. The van der Waals surface area contributed by atoms with E-state index in [9.17, 15) is 9.59 Å². The number of likely N-dealkylation sites (tertiary alicyclic amines) is 1. The van der Waals surface area contributed by atoms with Crippen molar-refractivity contribution in [3.05, 3.63) is 63.7 Å². The Bertz CT molecular complexity index is 1340. The number of nitrogens with one attached hydrogen (secondary N) is 1. The molecule has 2 aromatic heterocycles. The molecule has 2 amide bonds. The number of benzene rings is 1. The Hall–Kier alpha value is -2.88. The molecule has 3 aromatic rings. The standard InChI is InChI=1S/C26H28Cl2N6O3/c1-32-21-3-2-18(27)10-20(21)26(25(32)36)4-6-33(7-5-26)13-17-12-29-34(15-17)14-16-8-19(9-16)30-24(35)22-11-23(28)31-37-22/h2-3,10-12,15-16,19H,4-9,13-14H2,1H3,(H,30,35)/t16-,19+. The van der Waals surface area contributed by atoms with Crippen LogP contribution in [0.2, 0.25) is 10.2 Å². The van der Waals surface area contributed by atoms with Gasteiger partial charge in [0, 0.05) is 54.7 Å². The third-order valence-electron chi connectivity index (χ3n) is 8.07. The number of anilines is 1. The van der Waals surface area contributed by atoms with Crippen LogP contribution in [0.4, 0.5) is 5.69 Å². The molecular weight excluding hydrogens is 515 g/mol. The second-order valence-electron chi connectivity index (χ2n) is 10.5. The zero-order valence-corrected chi connectivity index (χ0v) is 22.0. The van der Waals surface area contributed by atoms with Crippen molar-refractivity contribution < 1.29 is 14.1 Å². The summed E-state index contributed by atoms with van der Waals surface area (Å²) in [6.45, 7) is 3.32. The molecule has 6 rings (SSSR count). The van der Waals surface area contributed by atoms with Crippen molar-refractivity contribution >= 4 is 40.7 Å². The zero-order valence-electron chi connectivity index (χ0n) is 20.5. The first kappa shape index (κ1) is 24.5. The summed E-state index contributed by atoms with van der Waals surface area (Å²) in [6, 6.07) is 7.31. The normalized spacial score (nSPS) is 22.8. The van der Waals surface area contributed by atoms with E-state index in [-0.39, 0.29) is 28.8 Å². The van der Waals surface area contributed by atoms with Crippen molar-refractivity contribution in [3.63, 3.8) is 0 Å². The van der Waals surface area contributed by atoms with Crippen LogP contribution in [0.25, 0.3) is 0 Å². The molecule has 1 N–H and O–H groups in total. The maximum Gasteiger partial charge on any atom is 0.290 e. The van der Waals surface area contributed by atoms with Gasteiger partial charge in [0.15, 0.2) is 5.15 Å². The van der Waals surface area contributed by atoms with Gasteiger partial charge in [-0.3, -0.25) is 19.2 Å². The molecule has 37 heavy (non-hydrogen) atoms. The Morgan fingerprint density at radius 3 is 2.73 bits per heavy atom. The quantitative estimate of drug-likeness (QED) is 0.507. The second-order valence-corrected chi connectivity index (χ2v) is 11.3. The molecule has 1 aromatic carbocycles. The largest absolute Gasteiger partial charge is 0.349 e. The molecule has 4 heterocycles. The predicted molar refractivity (Wildman–Crippen MR) is 139 cm³/mol. The Balaban J connectivity index is 0.992. The smallest absolute Gasteiger partial charge is 0.290 e. The lowest BCUT2D eigenvalue weighted by molar-refractivity contribution is -0.124. The van der Waals surface area contributed by atoms with Crippen LogP contribution >= 0.6 is 23.2 Å². The number of hydrogen-bond acceptors (Lipinski definition) is 6. The lowest BCUT2D eigenvalue weighted by Crippen LogP contribution is -2.47. The maximum absolute atomic E-state index is 13.2. The van der Waals surface area contributed by atoms with Gasteiger partial charge < -0.3 is 14.7 Å². The van der Waals surface area contributed by atoms with Crippen molar-refractivity contribution in [2.75, 3.05) is 25.0 Å². The average Bonchev–Trinajstić information content (AvgIpc) is 3.54. The maximum atomic E-state index is 13.2. The van der Waals surface area contributed by atoms with Gasteiger partial charge in [-0.25, -0.2) is 0 Å². The predicted octanol–water partition coefficient (Wildman–Crippen LogP) is 3.90. The monoisotopic (exact) mass is 542 g/mol. The van der Waals surface area contributed by atoms with Crippen LogP contribution < -0.4 is 10.2 Å². The SMILES string of the molecule is CN1C(=O)C2(CCN(Cc3cnn(C[C@H]4C[C@@H](NC(=O)c5cc(Cl)no5)C4)c3)CC2)c2cc(Cl)ccc21. The van der Waals surface area contributed by atoms with Crippen molar-refractivity contribution in [3.8, 4) is 0 Å². The average molecular weight is 543 g/mol. The van der Waals surface area contributed by atoms with Gasteiger partial charge in [0.1, 0.15) is 0 Å². The van der Waals surface area contributed by atoms with E-state index in [1.165, 1.54) is 11.6 Å². The molecule has 1 aliphatic carbocycles. The number of aromatic nitrogens is 3. The summed E-state index contributed by atoms with van der Waals surface area (Å²) in [5.41, 5.74) is 2.75. The first-order chi connectivity index (χ1) is 17.8. The molecule has 1 spiro atoms. The fraction of sp³-hybridized carbons (Fsp3) is 0.462. The number of rotatable bonds is 6. The van der Waals surface area contributed by atoms with Crippen LogP contribution in [0.1, 0.15) is 47.4 Å². The summed E-state index contributed by atoms with van der Waals surface area (Å²) in [5.74, 6) is 0.483. The number of piperidine rings is 1. The van der Waals surface area contributed by atoms with E-state index in [1.54, 1.807) is 4.90 Å². The molecule has 1 saturated carbocycles. The summed E-state index contributed by atoms with van der Waals surface area (Å²) in [5, 5.41) is 11.9. The third-order valence-corrected chi connectivity index (χ3v) is 8.49. The number of likely N-dealkylation sites (N-methyl/N-ethyl adjacent to an activating group) is 1. The minimum atomic E-state index is -0.467. The van der Waals surface area contributed by atoms with Crippen molar-refractivity contribution in [2.45, 2.75) is 50.2 Å². The molecule has 1 saturated heterocycles. The molecular formula is C26H28Cl2N6O3. The number of carbonyl (C=O) groups excluding carboxylic acids is 2. The van der Waals surface area contributed by atoms with Crippen LogP contribution in [0.5, 0.6) is 0 Å². The first-order valence-electron chi connectivity index (χ1n) is 12.6. The minimum Gasteiger partial charge on any atom is -0.349 e. The van der Waals surface area contributed by atoms with Crippen LogP contribution in [0.15, 0.2) is 41.2 Å². The minimum absolute atomic E-state index is 0.120. The lowest BCUT2D eigenvalue weighted by atomic mass is 9.73. The van der Waals surface area contributed by atoms with E-state index in [0.29, 0.717) is 10.9 Å². The number of nitrogens with zero attached hydrogens (tertiary/aromatic N) is 5. The molecule has 9 nitrogen and oxygen atoms in total. The van der Waals surface area contributed by atoms with Gasteiger partial charge in [0.25, 0.3) is 5.91 Å². The summed E-state index contributed by atoms with van der Waals surface area (Å²) in [7, 11) is 1.86. The number of fused-ring (bicyclic) bond motifs is 2. The first-order valence-corrected chi connectivity index (χ1v) is 13.3. The number of halogens is 2. The Morgan fingerprint density at radius 1 is 1.22 bits per heavy atom. The van der Waals surface area contributed by atoms with Crippen molar-refractivity contribution in [1.29, 1.82) is 0 Å². The van der Waals surface area contributed by atoms with Gasteiger partial charge in [-0.1, -0.05) is 28.4 Å². The molecule has 2 aliphatic heterocycles. The second kappa shape index (κ2) is 9.45. The molecule has 2 fully saturated rings. The van der Waals surface area contributed by atoms with E-state index >= 15 is 0 Å². The van der Waals surface area contributed by atoms with E-state index in [4.69, 9.17) is 27.7 Å². The van der Waals surface area contributed by atoms with E-state index in [2.05, 4.69) is 26.7 Å². The Kier molecular flexibility index (Phi) is 6.25. The highest BCUT2D eigenvalue weighted by molar-refractivity contribution is 6.31. The van der Waals surface area contributed by atoms with Gasteiger partial charge in [0.2, 0.25) is 11.7 Å². The molecule has 3 aliphatic rings. The molecule has 0 unspecified atom stereocenters. The number of amides is 2. The van der Waals surface area contributed by atoms with Gasteiger partial charge >= 0.3 is 0 Å². The van der Waals surface area contributed by atoms with Gasteiger partial charge in [-0.2, -0.15) is 5.10 Å². The molecule has 0 atom stereocenters. The molecule has 0 bridgehead atoms. The van der Waals surface area contributed by atoms with E-state index < -0.39 is 5.41 Å². The number of carbonyl (C=O) groups is 2. The molecule has 0 radical (unpaired) electrons. The lowest BCUT2D eigenvalue weighted by Gasteiger charge is -2.38. The Morgan fingerprint density at radius 2 is 2.00 bits per heavy atom. The number of hydrogen-bond donors (Lipinski definition) is 1. The fourth-order valence-corrected chi connectivity index (χ4v) is 6.34. The Labute approximate surface area is 224 Å². The van der Waals surface area contributed by atoms with Crippen LogP contribution in [0.3, 0.4) is 0 Å². The van der Waals surface area contributed by atoms with Crippen molar-refractivity contribution in [1.82, 2.24) is 25.2 Å². The fourth-order valence-electron chi connectivity index (χ4n) is 6.04. The highest BCUT2D eigenvalue weighted by atomic mass is 35.5. The summed E-state index contributed by atoms with van der Waals surface area (Å²) in [6.07, 6.45) is 7.39. The third kappa shape index (κ3) is 4.53. The van der Waals surface area contributed by atoms with Crippen molar-refractivity contribution in [2.24, 2.45) is 5.92 Å². The zero-order chi connectivity index (χ0) is 25.7. The van der Waals surface area contributed by atoms with Crippen LogP contribution in [-0.2, 0) is 23.3 Å². The molecule has 194 valence electrons. The van der Waals surface area contributed by atoms with E-state index in [0.717, 1.165) is 63.1 Å². The summed E-state index contributed by atoms with van der Waals surface area (Å²) in [4.78, 5) is 29.6. The van der Waals surface area contributed by atoms with Crippen LogP contribution in [0, 0.1) is 5.92 Å². The molecule has 11 heteroatoms. The highest BCUT2D eigenvalue weighted by Crippen LogP contribution is 2.48. The summed E-state index contributed by atoms with van der Waals surface area (Å²) < 4.78 is 6.90. The van der Waals surface area contributed by atoms with Crippen LogP contribution in [-0.4, -0.2) is 57.8 Å². The highest BCUT2D eigenvalue weighted by Gasteiger charge is 2.51. The van der Waals surface area contributed by atoms with Gasteiger partial charge in [0.05, 0.1) is 11.6 Å². The van der Waals surface area contributed by atoms with Gasteiger partial charge in [-0.15, -0.1) is 0 Å². The van der Waals surface area contributed by atoms with Gasteiger partial charge in [-0.05, 0) is 68.5 Å². The topological polar surface area (TPSA) is 96.5 Å². The van der Waals surface area contributed by atoms with E-state index in [1.807, 2.05) is 36.1 Å².